The lowest BCUT2D eigenvalue weighted by Gasteiger charge is -2.15. The fraction of sp³-hybridized carbons (Fsp3) is 0.276. The molecule has 0 amide bonds. The van der Waals surface area contributed by atoms with Crippen LogP contribution < -0.4 is 4.74 Å². The van der Waals surface area contributed by atoms with E-state index in [0.717, 1.165) is 34.4 Å². The average molecular weight is 408 g/mol. The van der Waals surface area contributed by atoms with Crippen LogP contribution in [0.25, 0.3) is 11.1 Å². The minimum atomic E-state index is 0.247. The highest BCUT2D eigenvalue weighted by Gasteiger charge is 2.05. The average Bonchev–Trinajstić information content (AvgIpc) is 2.82. The fourth-order valence-electron chi connectivity index (χ4n) is 3.39. The molecule has 0 saturated carbocycles. The lowest BCUT2D eigenvalue weighted by molar-refractivity contribution is 0.206. The van der Waals surface area contributed by atoms with Gasteiger partial charge in [-0.2, -0.15) is 5.26 Å². The van der Waals surface area contributed by atoms with E-state index in [1.807, 2.05) is 24.3 Å². The molecule has 31 heavy (non-hydrogen) atoms. The van der Waals surface area contributed by atoms with E-state index in [0.29, 0.717) is 5.56 Å². The van der Waals surface area contributed by atoms with Gasteiger partial charge in [0.25, 0.3) is 0 Å². The quantitative estimate of drug-likeness (QED) is 0.289. The number of nitriles is 1. The topological polar surface area (TPSA) is 33.0 Å². The van der Waals surface area contributed by atoms with Gasteiger partial charge >= 0.3 is 0 Å². The third-order valence-electron chi connectivity index (χ3n) is 5.24. The van der Waals surface area contributed by atoms with Crippen molar-refractivity contribution in [2.24, 2.45) is 0 Å². The van der Waals surface area contributed by atoms with Crippen molar-refractivity contribution in [2.75, 3.05) is 0 Å². The van der Waals surface area contributed by atoms with Gasteiger partial charge in [-0.15, -0.1) is 0 Å². The summed E-state index contributed by atoms with van der Waals surface area (Å²) in [7, 11) is 0. The second-order valence-corrected chi connectivity index (χ2v) is 7.82. The van der Waals surface area contributed by atoms with Crippen LogP contribution >= 0.6 is 0 Å². The number of unbranched alkanes of at least 4 members (excludes halogenated alkanes) is 3. The number of benzene rings is 3. The molecule has 0 N–H and O–H groups in total. The summed E-state index contributed by atoms with van der Waals surface area (Å²) in [6.07, 6.45) is 6.44. The zero-order valence-electron chi connectivity index (χ0n) is 18.4. The molecule has 3 aromatic rings. The molecule has 2 nitrogen and oxygen atoms in total. The van der Waals surface area contributed by atoms with Gasteiger partial charge in [0, 0.05) is 11.1 Å². The molecule has 0 aliphatic carbocycles. The number of nitrogens with zero attached hydrogens (tertiary/aromatic N) is 1. The molecule has 0 aliphatic heterocycles. The molecule has 1 atom stereocenters. The molecule has 0 aliphatic rings. The Balaban J connectivity index is 1.57. The molecule has 3 aromatic carbocycles. The predicted octanol–water partition coefficient (Wildman–Crippen LogP) is 7.36. The molecule has 0 aromatic heterocycles. The van der Waals surface area contributed by atoms with E-state index in [2.05, 4.69) is 68.2 Å². The van der Waals surface area contributed by atoms with Gasteiger partial charge in [0.15, 0.2) is 0 Å². The predicted molar refractivity (Wildman–Crippen MR) is 128 cm³/mol. The highest BCUT2D eigenvalue weighted by atomic mass is 16.5. The Morgan fingerprint density at radius 3 is 1.77 bits per heavy atom. The Morgan fingerprint density at radius 1 is 0.710 bits per heavy atom. The van der Waals surface area contributed by atoms with Gasteiger partial charge in [0.05, 0.1) is 17.7 Å². The van der Waals surface area contributed by atoms with Crippen molar-refractivity contribution >= 4 is 0 Å². The second kappa shape index (κ2) is 11.6. The summed E-state index contributed by atoms with van der Waals surface area (Å²) in [6.45, 7) is 4.39. The van der Waals surface area contributed by atoms with E-state index >= 15 is 0 Å². The van der Waals surface area contributed by atoms with Gasteiger partial charge in [-0.25, -0.2) is 0 Å². The van der Waals surface area contributed by atoms with Crippen molar-refractivity contribution in [3.63, 3.8) is 0 Å². The zero-order valence-corrected chi connectivity index (χ0v) is 18.4. The first-order chi connectivity index (χ1) is 15.2. The molecule has 0 heterocycles. The summed E-state index contributed by atoms with van der Waals surface area (Å²) in [5, 5.41) is 8.86. The zero-order chi connectivity index (χ0) is 21.9. The molecule has 0 fully saturated rings. The third-order valence-corrected chi connectivity index (χ3v) is 5.24. The van der Waals surface area contributed by atoms with E-state index in [9.17, 15) is 0 Å². The lowest BCUT2D eigenvalue weighted by atomic mass is 10.0. The summed E-state index contributed by atoms with van der Waals surface area (Å²) in [6, 6.07) is 26.0. The Labute approximate surface area is 186 Å². The maximum Gasteiger partial charge on any atom is 0.119 e. The van der Waals surface area contributed by atoms with Gasteiger partial charge in [0.1, 0.15) is 5.75 Å². The van der Waals surface area contributed by atoms with Crippen LogP contribution in [0.5, 0.6) is 5.75 Å². The van der Waals surface area contributed by atoms with Crippen molar-refractivity contribution in [1.29, 1.82) is 5.26 Å². The van der Waals surface area contributed by atoms with E-state index in [-0.39, 0.29) is 6.10 Å². The summed E-state index contributed by atoms with van der Waals surface area (Å²) < 4.78 is 6.06. The molecule has 2 heteroatoms. The lowest BCUT2D eigenvalue weighted by Crippen LogP contribution is -2.11. The van der Waals surface area contributed by atoms with Gasteiger partial charge < -0.3 is 4.74 Å². The number of hydrogen-bond donors (Lipinski definition) is 0. The van der Waals surface area contributed by atoms with E-state index in [1.165, 1.54) is 25.7 Å². The molecular formula is C29H29NO. The van der Waals surface area contributed by atoms with E-state index < -0.39 is 0 Å². The van der Waals surface area contributed by atoms with Crippen LogP contribution in [0.1, 0.15) is 62.6 Å². The van der Waals surface area contributed by atoms with Crippen LogP contribution in [0, 0.1) is 23.2 Å². The van der Waals surface area contributed by atoms with Crippen LogP contribution in [0.4, 0.5) is 0 Å². The Bertz CT molecular complexity index is 1050. The molecule has 0 spiro atoms. The normalized spacial score (nSPS) is 11.1. The monoisotopic (exact) mass is 407 g/mol. The largest absolute Gasteiger partial charge is 0.491 e. The van der Waals surface area contributed by atoms with Crippen LogP contribution in [-0.2, 0) is 0 Å². The first-order valence-electron chi connectivity index (χ1n) is 11.1. The van der Waals surface area contributed by atoms with Gasteiger partial charge in [-0.1, -0.05) is 62.3 Å². The number of ether oxygens (including phenoxy) is 1. The maximum atomic E-state index is 8.86. The van der Waals surface area contributed by atoms with Crippen molar-refractivity contribution in [1.82, 2.24) is 0 Å². The van der Waals surface area contributed by atoms with Crippen LogP contribution in [0.2, 0.25) is 0 Å². The molecule has 0 radical (unpaired) electrons. The Kier molecular flexibility index (Phi) is 8.33. The van der Waals surface area contributed by atoms with Gasteiger partial charge in [-0.05, 0) is 79.4 Å². The smallest absolute Gasteiger partial charge is 0.119 e. The SMILES string of the molecule is CCCCCC[C@H](C)Oc1ccc(-c2ccc(C#Cc3ccc(C#N)cc3)cc2)cc1. The minimum Gasteiger partial charge on any atom is -0.491 e. The third kappa shape index (κ3) is 7.06. The van der Waals surface area contributed by atoms with Crippen LogP contribution in [0.3, 0.4) is 0 Å². The second-order valence-electron chi connectivity index (χ2n) is 7.82. The maximum absolute atomic E-state index is 8.86. The number of rotatable bonds is 8. The van der Waals surface area contributed by atoms with E-state index in [4.69, 9.17) is 10.00 Å². The minimum absolute atomic E-state index is 0.247. The van der Waals surface area contributed by atoms with Crippen molar-refractivity contribution in [3.05, 3.63) is 89.5 Å². The molecule has 0 bridgehead atoms. The van der Waals surface area contributed by atoms with E-state index in [1.54, 1.807) is 12.1 Å². The highest BCUT2D eigenvalue weighted by molar-refractivity contribution is 5.65. The standard InChI is InChI=1S/C29H29NO/c1-3-4-5-6-7-23(2)31-29-20-18-28(19-21-29)27-16-14-25(15-17-27)9-8-24-10-12-26(22-30)13-11-24/h10-21,23H,3-7H2,1-2H3/t23-/m0/s1. The summed E-state index contributed by atoms with van der Waals surface area (Å²) in [4.78, 5) is 0. The number of hydrogen-bond acceptors (Lipinski definition) is 2. The summed E-state index contributed by atoms with van der Waals surface area (Å²) in [5.41, 5.74) is 4.83. The van der Waals surface area contributed by atoms with Gasteiger partial charge in [0.2, 0.25) is 0 Å². The van der Waals surface area contributed by atoms with Crippen molar-refractivity contribution in [2.45, 2.75) is 52.1 Å². The molecule has 3 rings (SSSR count). The van der Waals surface area contributed by atoms with Crippen molar-refractivity contribution in [3.8, 4) is 34.8 Å². The molecule has 0 unspecified atom stereocenters. The van der Waals surface area contributed by atoms with Gasteiger partial charge in [-0.3, -0.25) is 0 Å². The summed E-state index contributed by atoms with van der Waals surface area (Å²) >= 11 is 0. The van der Waals surface area contributed by atoms with Crippen molar-refractivity contribution < 1.29 is 4.74 Å². The fourth-order valence-corrected chi connectivity index (χ4v) is 3.39. The van der Waals surface area contributed by atoms with Crippen LogP contribution in [-0.4, -0.2) is 6.10 Å². The molecule has 156 valence electrons. The Hall–Kier alpha value is -3.49. The molecule has 0 saturated heterocycles. The first-order valence-corrected chi connectivity index (χ1v) is 11.1. The Morgan fingerprint density at radius 2 is 1.23 bits per heavy atom. The first kappa shape index (κ1) is 22.2. The molecular weight excluding hydrogens is 378 g/mol. The summed E-state index contributed by atoms with van der Waals surface area (Å²) in [5.74, 6) is 7.25. The highest BCUT2D eigenvalue weighted by Crippen LogP contribution is 2.24. The van der Waals surface area contributed by atoms with Crippen LogP contribution in [0.15, 0.2) is 72.8 Å².